The number of carbonyl (C=O) groups is 3. The Balaban J connectivity index is 4.82. The number of unbranched alkanes of at least 4 members (excludes halogenated alkanes) is 15. The van der Waals surface area contributed by atoms with Crippen LogP contribution in [-0.4, -0.2) is 66.5 Å². The molecule has 3 unspecified atom stereocenters. The van der Waals surface area contributed by atoms with Gasteiger partial charge in [-0.2, -0.15) is 0 Å². The number of phosphoric acid groups is 1. The van der Waals surface area contributed by atoms with Crippen molar-refractivity contribution in [1.82, 2.24) is 0 Å². The van der Waals surface area contributed by atoms with Gasteiger partial charge in [0.25, 0.3) is 0 Å². The van der Waals surface area contributed by atoms with Crippen molar-refractivity contribution in [1.29, 1.82) is 0 Å². The van der Waals surface area contributed by atoms with Gasteiger partial charge in [0.1, 0.15) is 12.7 Å². The second kappa shape index (κ2) is 53.4. The predicted molar refractivity (Wildman–Crippen MR) is 297 cm³/mol. The third kappa shape index (κ3) is 51.1. The van der Waals surface area contributed by atoms with Gasteiger partial charge >= 0.3 is 25.7 Å². The molecule has 11 nitrogen and oxygen atoms in total. The van der Waals surface area contributed by atoms with E-state index in [0.29, 0.717) is 19.3 Å². The number of hydrogen-bond donors (Lipinski definition) is 2. The van der Waals surface area contributed by atoms with Crippen molar-refractivity contribution in [2.45, 2.75) is 226 Å². The molecule has 0 heterocycles. The largest absolute Gasteiger partial charge is 0.472 e. The molecule has 0 fully saturated rings. The summed E-state index contributed by atoms with van der Waals surface area (Å²) < 4.78 is 39.3. The van der Waals surface area contributed by atoms with Crippen LogP contribution in [0, 0.1) is 0 Å². The molecule has 0 aliphatic rings. The van der Waals surface area contributed by atoms with Gasteiger partial charge < -0.3 is 24.2 Å². The Bertz CT molecular complexity index is 1620. The maximum Gasteiger partial charge on any atom is 0.472 e. The van der Waals surface area contributed by atoms with Crippen molar-refractivity contribution < 1.29 is 52.2 Å². The first-order chi connectivity index (χ1) is 35.2. The summed E-state index contributed by atoms with van der Waals surface area (Å²) in [7, 11) is -4.77. The second-order valence-electron chi connectivity index (χ2n) is 18.0. The van der Waals surface area contributed by atoms with Crippen molar-refractivity contribution in [2.75, 3.05) is 26.4 Å². The molecule has 2 N–H and O–H groups in total. The van der Waals surface area contributed by atoms with Gasteiger partial charge in [0.15, 0.2) is 6.10 Å². The number of allylic oxidation sites excluding steroid dienone is 18. The number of esters is 3. The molecule has 0 bridgehead atoms. The van der Waals surface area contributed by atoms with Crippen molar-refractivity contribution >= 4 is 25.7 Å². The molecule has 0 aliphatic heterocycles. The molecule has 0 aromatic heterocycles. The van der Waals surface area contributed by atoms with E-state index in [-0.39, 0.29) is 25.9 Å². The molecule has 0 radical (unpaired) electrons. The van der Waals surface area contributed by atoms with Gasteiger partial charge in [0, 0.05) is 19.3 Å². The number of carbonyl (C=O) groups excluding carboxylic acids is 3. The van der Waals surface area contributed by atoms with E-state index in [1.807, 2.05) is 12.2 Å². The van der Waals surface area contributed by atoms with Gasteiger partial charge in [-0.3, -0.25) is 23.4 Å². The zero-order valence-corrected chi connectivity index (χ0v) is 46.0. The lowest BCUT2D eigenvalue weighted by Gasteiger charge is -2.21. The van der Waals surface area contributed by atoms with Crippen LogP contribution in [0.4, 0.5) is 0 Å². The van der Waals surface area contributed by atoms with E-state index in [1.165, 1.54) is 25.7 Å². The van der Waals surface area contributed by atoms with Crippen LogP contribution >= 0.6 is 7.82 Å². The summed E-state index contributed by atoms with van der Waals surface area (Å²) in [5, 5.41) is 9.79. The highest BCUT2D eigenvalue weighted by Crippen LogP contribution is 2.43. The molecule has 0 aromatic carbocycles. The van der Waals surface area contributed by atoms with Gasteiger partial charge in [-0.05, 0) is 109 Å². The summed E-state index contributed by atoms with van der Waals surface area (Å²) in [6, 6.07) is 0. The molecule has 0 amide bonds. The molecule has 0 saturated heterocycles. The van der Waals surface area contributed by atoms with E-state index in [0.717, 1.165) is 128 Å². The van der Waals surface area contributed by atoms with E-state index < -0.39 is 57.8 Å². The standard InChI is InChI=1S/C60H99O11P/c1-4-7-10-13-16-19-22-25-26-27-28-29-30-33-34-37-40-43-46-49-58(62)67-53-57(71-60(64)51-48-45-42-39-36-32-24-21-18-15-12-9-6-3)55-69-72(65,66)68-54-56(52-61)70-59(63)50-47-44-41-38-35-31-23-20-17-14-11-8-5-2/h7,9-10,12,16,18-21,23,25-26,28-29,32,36,42,45,56-57,61H,4-6,8,11,13-15,17,22,24,27,30-31,33-35,37-41,43-44,46-55H2,1-3H3,(H,65,66)/b10-7-,12-9-,19-16-,21-18-,23-20-,26-25-,29-28-,36-32-,45-42-. The summed E-state index contributed by atoms with van der Waals surface area (Å²) in [4.78, 5) is 48.4. The SMILES string of the molecule is CC/C=C\C/C=C\C/C=C\C/C=C\CCCCCCCCC(=O)OCC(COP(=O)(O)OCC(CO)OC(=O)CCCCCCC/C=C\CCCCCC)OC(=O)CC/C=C\C/C=C\C/C=C\C/C=C\CC. The Kier molecular flexibility index (Phi) is 50.6. The molecular formula is C60H99O11P. The average molecular weight is 1030 g/mol. The average Bonchev–Trinajstić information content (AvgIpc) is 3.37. The van der Waals surface area contributed by atoms with Crippen molar-refractivity contribution in [2.24, 2.45) is 0 Å². The third-order valence-corrected chi connectivity index (χ3v) is 12.1. The first kappa shape index (κ1) is 68.1. The smallest absolute Gasteiger partial charge is 0.462 e. The molecule has 0 aliphatic carbocycles. The molecular weight excluding hydrogens is 928 g/mol. The molecule has 72 heavy (non-hydrogen) atoms. The molecule has 0 saturated carbocycles. The second-order valence-corrected chi connectivity index (χ2v) is 19.4. The van der Waals surface area contributed by atoms with E-state index in [9.17, 15) is 28.9 Å². The Labute approximate surface area is 437 Å². The molecule has 0 aromatic rings. The van der Waals surface area contributed by atoms with Crippen LogP contribution in [0.2, 0.25) is 0 Å². The van der Waals surface area contributed by atoms with Gasteiger partial charge in [-0.15, -0.1) is 0 Å². The zero-order chi connectivity index (χ0) is 52.7. The lowest BCUT2D eigenvalue weighted by Crippen LogP contribution is -2.30. The number of aliphatic hydroxyl groups excluding tert-OH is 1. The number of phosphoric ester groups is 1. The molecule has 12 heteroatoms. The van der Waals surface area contributed by atoms with Gasteiger partial charge in [-0.1, -0.05) is 194 Å². The lowest BCUT2D eigenvalue weighted by molar-refractivity contribution is -0.161. The van der Waals surface area contributed by atoms with Crippen molar-refractivity contribution in [3.8, 4) is 0 Å². The van der Waals surface area contributed by atoms with Crippen molar-refractivity contribution in [3.05, 3.63) is 109 Å². The Morgan fingerprint density at radius 3 is 1.21 bits per heavy atom. The van der Waals surface area contributed by atoms with Crippen molar-refractivity contribution in [3.63, 3.8) is 0 Å². The molecule has 0 rings (SSSR count). The van der Waals surface area contributed by atoms with Crippen LogP contribution in [0.5, 0.6) is 0 Å². The first-order valence-electron chi connectivity index (χ1n) is 27.8. The minimum Gasteiger partial charge on any atom is -0.462 e. The zero-order valence-electron chi connectivity index (χ0n) is 45.1. The normalized spacial score (nSPS) is 14.2. The van der Waals surface area contributed by atoms with E-state index >= 15 is 0 Å². The summed E-state index contributed by atoms with van der Waals surface area (Å²) in [6.45, 7) is 4.27. The Hall–Kier alpha value is -3.86. The Morgan fingerprint density at radius 2 is 0.750 bits per heavy atom. The van der Waals surface area contributed by atoms with Gasteiger partial charge in [0.2, 0.25) is 0 Å². The summed E-state index contributed by atoms with van der Waals surface area (Å²) in [6.07, 6.45) is 63.6. The fourth-order valence-corrected chi connectivity index (χ4v) is 7.79. The van der Waals surface area contributed by atoms with Gasteiger partial charge in [-0.25, -0.2) is 4.57 Å². The fourth-order valence-electron chi connectivity index (χ4n) is 7.00. The fraction of sp³-hybridized carbons (Fsp3) is 0.650. The maximum absolute atomic E-state index is 12.9. The highest BCUT2D eigenvalue weighted by Gasteiger charge is 2.28. The van der Waals surface area contributed by atoms with E-state index in [4.69, 9.17) is 23.3 Å². The van der Waals surface area contributed by atoms with Crippen LogP contribution < -0.4 is 0 Å². The predicted octanol–water partition coefficient (Wildman–Crippen LogP) is 16.2. The number of rotatable bonds is 50. The minimum atomic E-state index is -4.77. The first-order valence-corrected chi connectivity index (χ1v) is 29.3. The maximum atomic E-state index is 12.9. The lowest BCUT2D eigenvalue weighted by atomic mass is 10.1. The van der Waals surface area contributed by atoms with Crippen LogP contribution in [0.1, 0.15) is 213 Å². The molecule has 0 spiro atoms. The van der Waals surface area contributed by atoms with Crippen LogP contribution in [0.3, 0.4) is 0 Å². The summed E-state index contributed by atoms with van der Waals surface area (Å²) in [5.41, 5.74) is 0. The van der Waals surface area contributed by atoms with E-state index in [1.54, 1.807) is 0 Å². The monoisotopic (exact) mass is 1030 g/mol. The quantitative estimate of drug-likeness (QED) is 0.0197. The van der Waals surface area contributed by atoms with Crippen LogP contribution in [0.25, 0.3) is 0 Å². The summed E-state index contributed by atoms with van der Waals surface area (Å²) in [5.74, 6) is -1.60. The van der Waals surface area contributed by atoms with Crippen LogP contribution in [0.15, 0.2) is 109 Å². The van der Waals surface area contributed by atoms with E-state index in [2.05, 4.69) is 118 Å². The summed E-state index contributed by atoms with van der Waals surface area (Å²) >= 11 is 0. The number of hydrogen-bond acceptors (Lipinski definition) is 10. The number of aliphatic hydroxyl groups is 1. The number of ether oxygens (including phenoxy) is 3. The topological polar surface area (TPSA) is 155 Å². The van der Waals surface area contributed by atoms with Crippen LogP contribution in [-0.2, 0) is 42.2 Å². The van der Waals surface area contributed by atoms with Gasteiger partial charge in [0.05, 0.1) is 19.8 Å². The minimum absolute atomic E-state index is 0.0376. The third-order valence-electron chi connectivity index (χ3n) is 11.2. The highest BCUT2D eigenvalue weighted by molar-refractivity contribution is 7.47. The molecule has 3 atom stereocenters. The Morgan fingerprint density at radius 1 is 0.403 bits per heavy atom. The highest BCUT2D eigenvalue weighted by atomic mass is 31.2. The molecule has 410 valence electrons.